The lowest BCUT2D eigenvalue weighted by atomic mass is 9.97. The molecule has 8 heteroatoms. The highest BCUT2D eigenvalue weighted by Gasteiger charge is 2.21. The highest BCUT2D eigenvalue weighted by Crippen LogP contribution is 2.29. The number of hydrogen-bond donors (Lipinski definition) is 3. The molecule has 0 bridgehead atoms. The molecular weight excluding hydrogens is 306 g/mol. The summed E-state index contributed by atoms with van der Waals surface area (Å²) in [7, 11) is -1.94. The molecule has 7 nitrogen and oxygen atoms in total. The molecule has 1 aromatic carbocycles. The Labute approximate surface area is 130 Å². The fourth-order valence-corrected chi connectivity index (χ4v) is 2.95. The molecule has 0 unspecified atom stereocenters. The van der Waals surface area contributed by atoms with Gasteiger partial charge in [-0.25, -0.2) is 8.42 Å². The van der Waals surface area contributed by atoms with E-state index in [0.717, 1.165) is 32.2 Å². The average molecular weight is 327 g/mol. The van der Waals surface area contributed by atoms with Crippen LogP contribution >= 0.6 is 0 Å². The van der Waals surface area contributed by atoms with Crippen LogP contribution in [0.2, 0.25) is 0 Å². The van der Waals surface area contributed by atoms with Crippen molar-refractivity contribution in [1.29, 1.82) is 0 Å². The summed E-state index contributed by atoms with van der Waals surface area (Å²) in [5.41, 5.74) is 0.921. The number of carbonyl (C=O) groups excluding carboxylic acids is 1. The highest BCUT2D eigenvalue weighted by molar-refractivity contribution is 7.92. The van der Waals surface area contributed by atoms with Crippen molar-refractivity contribution in [3.8, 4) is 5.75 Å². The molecular formula is C14H21N3O4S. The van der Waals surface area contributed by atoms with E-state index in [1.165, 1.54) is 7.11 Å². The van der Waals surface area contributed by atoms with Crippen molar-refractivity contribution < 1.29 is 17.9 Å². The molecule has 2 rings (SSSR count). The number of sulfonamides is 1. The molecule has 0 radical (unpaired) electrons. The summed E-state index contributed by atoms with van der Waals surface area (Å²) in [5.74, 6) is 0.335. The predicted octanol–water partition coefficient (Wildman–Crippen LogP) is 1.00. The van der Waals surface area contributed by atoms with Gasteiger partial charge in [0.25, 0.3) is 0 Å². The maximum Gasteiger partial charge on any atom is 0.229 e. The molecule has 1 saturated heterocycles. The van der Waals surface area contributed by atoms with E-state index in [9.17, 15) is 13.2 Å². The summed E-state index contributed by atoms with van der Waals surface area (Å²) < 4.78 is 30.1. The Morgan fingerprint density at radius 2 is 2.00 bits per heavy atom. The van der Waals surface area contributed by atoms with Crippen LogP contribution in [0.25, 0.3) is 0 Å². The van der Waals surface area contributed by atoms with Crippen molar-refractivity contribution in [2.45, 2.75) is 12.8 Å². The third kappa shape index (κ3) is 4.60. The highest BCUT2D eigenvalue weighted by atomic mass is 32.2. The number of anilines is 2. The van der Waals surface area contributed by atoms with Gasteiger partial charge in [-0.05, 0) is 38.1 Å². The van der Waals surface area contributed by atoms with E-state index in [0.29, 0.717) is 17.1 Å². The maximum absolute atomic E-state index is 12.2. The zero-order valence-electron chi connectivity index (χ0n) is 12.7. The Balaban J connectivity index is 2.10. The Kier molecular flexibility index (Phi) is 5.25. The van der Waals surface area contributed by atoms with Gasteiger partial charge >= 0.3 is 0 Å². The molecule has 1 fully saturated rings. The first kappa shape index (κ1) is 16.6. The minimum atomic E-state index is -3.39. The van der Waals surface area contributed by atoms with Crippen molar-refractivity contribution in [2.24, 2.45) is 5.92 Å². The molecule has 122 valence electrons. The number of carbonyl (C=O) groups is 1. The van der Waals surface area contributed by atoms with Gasteiger partial charge in [0.2, 0.25) is 15.9 Å². The number of hydrogen-bond acceptors (Lipinski definition) is 5. The van der Waals surface area contributed by atoms with Crippen LogP contribution in [0.1, 0.15) is 12.8 Å². The zero-order valence-corrected chi connectivity index (χ0v) is 13.5. The van der Waals surface area contributed by atoms with E-state index in [-0.39, 0.29) is 11.8 Å². The van der Waals surface area contributed by atoms with Crippen molar-refractivity contribution in [3.05, 3.63) is 18.2 Å². The van der Waals surface area contributed by atoms with Gasteiger partial charge < -0.3 is 15.4 Å². The van der Waals surface area contributed by atoms with Crippen LogP contribution in [-0.2, 0) is 14.8 Å². The second kappa shape index (κ2) is 6.97. The normalized spacial score (nSPS) is 16.1. The Bertz CT molecular complexity index is 639. The summed E-state index contributed by atoms with van der Waals surface area (Å²) >= 11 is 0. The average Bonchev–Trinajstić information content (AvgIpc) is 2.48. The first-order valence-electron chi connectivity index (χ1n) is 7.06. The smallest absolute Gasteiger partial charge is 0.229 e. The molecule has 1 aliphatic rings. The van der Waals surface area contributed by atoms with Crippen molar-refractivity contribution in [1.82, 2.24) is 5.32 Å². The lowest BCUT2D eigenvalue weighted by molar-refractivity contribution is -0.120. The van der Waals surface area contributed by atoms with E-state index < -0.39 is 10.0 Å². The van der Waals surface area contributed by atoms with E-state index in [1.54, 1.807) is 18.2 Å². The quantitative estimate of drug-likeness (QED) is 0.750. The van der Waals surface area contributed by atoms with Crippen LogP contribution in [0.3, 0.4) is 0 Å². The van der Waals surface area contributed by atoms with Gasteiger partial charge in [0.05, 0.1) is 19.1 Å². The van der Waals surface area contributed by atoms with E-state index in [1.807, 2.05) is 0 Å². The molecule has 0 saturated carbocycles. The first-order chi connectivity index (χ1) is 10.4. The summed E-state index contributed by atoms with van der Waals surface area (Å²) in [6, 6.07) is 4.82. The Hall–Kier alpha value is -1.80. The molecule has 22 heavy (non-hydrogen) atoms. The number of ether oxygens (including phenoxy) is 1. The predicted molar refractivity (Wildman–Crippen MR) is 85.7 cm³/mol. The van der Waals surface area contributed by atoms with Crippen molar-refractivity contribution in [3.63, 3.8) is 0 Å². The molecule has 1 aliphatic heterocycles. The molecule has 0 atom stereocenters. The number of rotatable bonds is 5. The van der Waals surface area contributed by atoms with Gasteiger partial charge in [-0.15, -0.1) is 0 Å². The van der Waals surface area contributed by atoms with E-state index in [2.05, 4.69) is 15.4 Å². The molecule has 0 spiro atoms. The molecule has 0 aliphatic carbocycles. The standard InChI is InChI=1S/C14H21N3O4S/c1-21-13-9-11(3-4-12(13)17-22(2,19)20)16-14(18)10-5-7-15-8-6-10/h3-4,9-10,15,17H,5-8H2,1-2H3,(H,16,18). The van der Waals surface area contributed by atoms with Crippen LogP contribution in [0.4, 0.5) is 11.4 Å². The zero-order chi connectivity index (χ0) is 16.2. The number of piperidine rings is 1. The second-order valence-electron chi connectivity index (χ2n) is 5.30. The molecule has 0 aromatic heterocycles. The topological polar surface area (TPSA) is 96.5 Å². The van der Waals surface area contributed by atoms with Gasteiger partial charge in [0.15, 0.2) is 0 Å². The van der Waals surface area contributed by atoms with Crippen LogP contribution in [0, 0.1) is 5.92 Å². The fraction of sp³-hybridized carbons (Fsp3) is 0.500. The molecule has 3 N–H and O–H groups in total. The third-order valence-electron chi connectivity index (χ3n) is 3.47. The summed E-state index contributed by atoms with van der Waals surface area (Å²) in [4.78, 5) is 12.2. The van der Waals surface area contributed by atoms with Crippen molar-refractivity contribution in [2.75, 3.05) is 36.5 Å². The largest absolute Gasteiger partial charge is 0.494 e. The third-order valence-corrected chi connectivity index (χ3v) is 4.07. The Morgan fingerprint density at radius 3 is 2.59 bits per heavy atom. The number of nitrogens with one attached hydrogen (secondary N) is 3. The first-order valence-corrected chi connectivity index (χ1v) is 8.95. The van der Waals surface area contributed by atoms with Gasteiger partial charge in [0.1, 0.15) is 5.75 Å². The van der Waals surface area contributed by atoms with Crippen LogP contribution < -0.4 is 20.1 Å². The van der Waals surface area contributed by atoms with Crippen molar-refractivity contribution >= 4 is 27.3 Å². The van der Waals surface area contributed by atoms with E-state index in [4.69, 9.17) is 4.74 Å². The monoisotopic (exact) mass is 327 g/mol. The number of benzene rings is 1. The van der Waals surface area contributed by atoms with Crippen LogP contribution in [0.5, 0.6) is 5.75 Å². The lowest BCUT2D eigenvalue weighted by Gasteiger charge is -2.22. The number of methoxy groups -OCH3 is 1. The minimum absolute atomic E-state index is 0.000987. The van der Waals surface area contributed by atoms with Gasteiger partial charge in [-0.3, -0.25) is 9.52 Å². The summed E-state index contributed by atoms with van der Waals surface area (Å²) in [6.07, 6.45) is 2.70. The summed E-state index contributed by atoms with van der Waals surface area (Å²) in [5, 5.41) is 6.07. The van der Waals surface area contributed by atoms with Crippen LogP contribution in [-0.4, -0.2) is 40.8 Å². The molecule has 1 amide bonds. The van der Waals surface area contributed by atoms with Gasteiger partial charge in [0, 0.05) is 17.7 Å². The maximum atomic E-state index is 12.2. The lowest BCUT2D eigenvalue weighted by Crippen LogP contribution is -2.34. The Morgan fingerprint density at radius 1 is 1.32 bits per heavy atom. The SMILES string of the molecule is COc1cc(NC(=O)C2CCNCC2)ccc1NS(C)(=O)=O. The summed E-state index contributed by atoms with van der Waals surface area (Å²) in [6.45, 7) is 1.69. The fourth-order valence-electron chi connectivity index (χ4n) is 2.38. The second-order valence-corrected chi connectivity index (χ2v) is 7.05. The van der Waals surface area contributed by atoms with E-state index >= 15 is 0 Å². The molecule has 1 aromatic rings. The van der Waals surface area contributed by atoms with Gasteiger partial charge in [-0.1, -0.05) is 0 Å². The number of amides is 1. The van der Waals surface area contributed by atoms with Crippen LogP contribution in [0.15, 0.2) is 18.2 Å². The molecule has 1 heterocycles. The minimum Gasteiger partial charge on any atom is -0.494 e. The van der Waals surface area contributed by atoms with Gasteiger partial charge in [-0.2, -0.15) is 0 Å².